The van der Waals surface area contributed by atoms with Gasteiger partial charge in [0.2, 0.25) is 0 Å². The third-order valence-electron chi connectivity index (χ3n) is 3.58. The first-order chi connectivity index (χ1) is 8.77. The van der Waals surface area contributed by atoms with Gasteiger partial charge in [-0.2, -0.15) is 0 Å². The molecule has 19 heavy (non-hydrogen) atoms. The van der Waals surface area contributed by atoms with Gasteiger partial charge in [-0.1, -0.05) is 0 Å². The van der Waals surface area contributed by atoms with Crippen molar-refractivity contribution in [1.29, 1.82) is 0 Å². The van der Waals surface area contributed by atoms with Crippen LogP contribution in [0.4, 0.5) is 15.8 Å². The van der Waals surface area contributed by atoms with E-state index in [0.29, 0.717) is 5.69 Å². The molecule has 1 aliphatic heterocycles. The smallest absolute Gasteiger partial charge is 0.257 e. The first-order valence-electron chi connectivity index (χ1n) is 5.95. The molecule has 1 unspecified atom stereocenters. The number of likely N-dealkylation sites (N-methyl/N-ethyl adjacent to an activating group) is 1. The molecule has 0 spiro atoms. The van der Waals surface area contributed by atoms with Crippen molar-refractivity contribution in [3.05, 3.63) is 23.5 Å². The summed E-state index contributed by atoms with van der Waals surface area (Å²) in [6.07, 6.45) is -1.32. The number of benzene rings is 1. The average Bonchev–Trinajstić information content (AvgIpc) is 2.64. The molecule has 0 fully saturated rings. The van der Waals surface area contributed by atoms with Gasteiger partial charge in [0.15, 0.2) is 6.10 Å². The van der Waals surface area contributed by atoms with Crippen LogP contribution in [0.1, 0.15) is 25.5 Å². The van der Waals surface area contributed by atoms with Crippen LogP contribution in [0.15, 0.2) is 12.1 Å². The standard InChI is InChI=1S/C13H17FN2O3/c1-13(2,6-17)16(3)10-5-9-7(4-8(10)14)11(18)12(19)15-9/h4-5,11,17-18H,6H2,1-3H3,(H,15,19). The number of fused-ring (bicyclic) bond motifs is 1. The lowest BCUT2D eigenvalue weighted by atomic mass is 10.0. The number of aliphatic hydroxyl groups excluding tert-OH is 2. The lowest BCUT2D eigenvalue weighted by Crippen LogP contribution is -2.44. The maximum atomic E-state index is 14.1. The number of anilines is 2. The third-order valence-corrected chi connectivity index (χ3v) is 3.58. The predicted octanol–water partition coefficient (Wildman–Crippen LogP) is 1.02. The molecule has 0 radical (unpaired) electrons. The van der Waals surface area contributed by atoms with E-state index in [-0.39, 0.29) is 17.9 Å². The zero-order valence-corrected chi connectivity index (χ0v) is 11.1. The number of halogens is 1. The summed E-state index contributed by atoms with van der Waals surface area (Å²) in [5, 5.41) is 21.4. The minimum absolute atomic E-state index is 0.144. The number of rotatable bonds is 3. The van der Waals surface area contributed by atoms with Crippen LogP contribution >= 0.6 is 0 Å². The Labute approximate surface area is 110 Å². The molecule has 0 saturated carbocycles. The van der Waals surface area contributed by atoms with Gasteiger partial charge in [0.25, 0.3) is 5.91 Å². The van der Waals surface area contributed by atoms with Crippen LogP contribution in [-0.4, -0.2) is 35.3 Å². The Morgan fingerprint density at radius 3 is 2.68 bits per heavy atom. The number of amides is 1. The van der Waals surface area contributed by atoms with Crippen LogP contribution in [0, 0.1) is 5.82 Å². The molecule has 3 N–H and O–H groups in total. The van der Waals surface area contributed by atoms with Crippen molar-refractivity contribution in [3.63, 3.8) is 0 Å². The summed E-state index contributed by atoms with van der Waals surface area (Å²) in [6.45, 7) is 3.40. The normalized spacial score (nSPS) is 18.2. The van der Waals surface area contributed by atoms with Crippen LogP contribution in [0.2, 0.25) is 0 Å². The molecule has 1 aromatic carbocycles. The van der Waals surface area contributed by atoms with Crippen LogP contribution in [-0.2, 0) is 4.79 Å². The summed E-state index contributed by atoms with van der Waals surface area (Å²) in [4.78, 5) is 12.9. The molecule has 0 saturated heterocycles. The highest BCUT2D eigenvalue weighted by Crippen LogP contribution is 2.37. The van der Waals surface area contributed by atoms with E-state index in [1.807, 2.05) is 0 Å². The lowest BCUT2D eigenvalue weighted by molar-refractivity contribution is -0.123. The van der Waals surface area contributed by atoms with Crippen molar-refractivity contribution >= 4 is 17.3 Å². The van der Waals surface area contributed by atoms with E-state index in [4.69, 9.17) is 0 Å². The Bertz CT molecular complexity index is 531. The summed E-state index contributed by atoms with van der Waals surface area (Å²) in [5.41, 5.74) is 0.249. The molecule has 0 bridgehead atoms. The first kappa shape index (κ1) is 13.8. The summed E-state index contributed by atoms with van der Waals surface area (Å²) >= 11 is 0. The van der Waals surface area contributed by atoms with Crippen molar-refractivity contribution in [2.75, 3.05) is 23.9 Å². The van der Waals surface area contributed by atoms with Gasteiger partial charge in [0.1, 0.15) is 5.82 Å². The zero-order valence-electron chi connectivity index (χ0n) is 11.1. The molecule has 1 atom stereocenters. The van der Waals surface area contributed by atoms with E-state index in [1.54, 1.807) is 25.8 Å². The first-order valence-corrected chi connectivity index (χ1v) is 5.95. The Morgan fingerprint density at radius 2 is 2.11 bits per heavy atom. The zero-order chi connectivity index (χ0) is 14.4. The fraction of sp³-hybridized carbons (Fsp3) is 0.462. The third kappa shape index (κ3) is 2.17. The molecule has 2 rings (SSSR count). The number of hydrogen-bond donors (Lipinski definition) is 3. The van der Waals surface area contributed by atoms with Gasteiger partial charge >= 0.3 is 0 Å². The second kappa shape index (κ2) is 4.47. The van der Waals surface area contributed by atoms with Gasteiger partial charge < -0.3 is 20.4 Å². The SMILES string of the molecule is CN(c1cc2c(cc1F)C(O)C(=O)N2)C(C)(C)CO. The highest BCUT2D eigenvalue weighted by Gasteiger charge is 2.32. The molecule has 0 aromatic heterocycles. The Morgan fingerprint density at radius 1 is 1.47 bits per heavy atom. The van der Waals surface area contributed by atoms with Crippen molar-refractivity contribution in [1.82, 2.24) is 0 Å². The maximum Gasteiger partial charge on any atom is 0.257 e. The number of nitrogens with one attached hydrogen (secondary N) is 1. The predicted molar refractivity (Wildman–Crippen MR) is 69.6 cm³/mol. The second-order valence-electron chi connectivity index (χ2n) is 5.31. The van der Waals surface area contributed by atoms with Crippen molar-refractivity contribution < 1.29 is 19.4 Å². The number of carbonyl (C=O) groups is 1. The van der Waals surface area contributed by atoms with Gasteiger partial charge in [-0.25, -0.2) is 4.39 Å². The van der Waals surface area contributed by atoms with E-state index >= 15 is 0 Å². The Hall–Kier alpha value is -1.66. The van der Waals surface area contributed by atoms with Crippen molar-refractivity contribution in [3.8, 4) is 0 Å². The van der Waals surface area contributed by atoms with Gasteiger partial charge in [-0.15, -0.1) is 0 Å². The van der Waals surface area contributed by atoms with E-state index in [0.717, 1.165) is 6.07 Å². The minimum atomic E-state index is -1.32. The van der Waals surface area contributed by atoms with E-state index in [1.165, 1.54) is 6.07 Å². The molecule has 1 aromatic rings. The Kier molecular flexibility index (Phi) is 3.24. The fourth-order valence-corrected chi connectivity index (χ4v) is 1.94. The number of carbonyl (C=O) groups excluding carboxylic acids is 1. The fourth-order valence-electron chi connectivity index (χ4n) is 1.94. The molecule has 0 aliphatic carbocycles. The van der Waals surface area contributed by atoms with Gasteiger partial charge in [0.05, 0.1) is 17.8 Å². The quantitative estimate of drug-likeness (QED) is 0.765. The summed E-state index contributed by atoms with van der Waals surface area (Å²) in [7, 11) is 1.66. The topological polar surface area (TPSA) is 72.8 Å². The maximum absolute atomic E-state index is 14.1. The van der Waals surface area contributed by atoms with E-state index in [9.17, 15) is 19.4 Å². The van der Waals surface area contributed by atoms with Gasteiger partial charge in [0, 0.05) is 18.3 Å². The second-order valence-corrected chi connectivity index (χ2v) is 5.31. The molecule has 1 heterocycles. The van der Waals surface area contributed by atoms with Gasteiger partial charge in [-0.3, -0.25) is 4.79 Å². The molecule has 6 heteroatoms. The summed E-state index contributed by atoms with van der Waals surface area (Å²) in [5.74, 6) is -1.10. The number of hydrogen-bond acceptors (Lipinski definition) is 4. The van der Waals surface area contributed by atoms with Crippen molar-refractivity contribution in [2.24, 2.45) is 0 Å². The highest BCUT2D eigenvalue weighted by atomic mass is 19.1. The average molecular weight is 268 g/mol. The minimum Gasteiger partial charge on any atom is -0.394 e. The van der Waals surface area contributed by atoms with Crippen LogP contribution in [0.25, 0.3) is 0 Å². The molecular formula is C13H17FN2O3. The molecule has 1 amide bonds. The van der Waals surface area contributed by atoms with Crippen LogP contribution in [0.5, 0.6) is 0 Å². The molecule has 104 valence electrons. The Balaban J connectivity index is 2.46. The number of aliphatic hydroxyl groups is 2. The largest absolute Gasteiger partial charge is 0.394 e. The molecule has 5 nitrogen and oxygen atoms in total. The molecular weight excluding hydrogens is 251 g/mol. The molecule has 1 aliphatic rings. The summed E-state index contributed by atoms with van der Waals surface area (Å²) < 4.78 is 14.1. The van der Waals surface area contributed by atoms with E-state index < -0.39 is 23.4 Å². The van der Waals surface area contributed by atoms with Gasteiger partial charge in [-0.05, 0) is 26.0 Å². The van der Waals surface area contributed by atoms with Crippen LogP contribution in [0.3, 0.4) is 0 Å². The lowest BCUT2D eigenvalue weighted by Gasteiger charge is -2.36. The summed E-state index contributed by atoms with van der Waals surface area (Å²) in [6, 6.07) is 2.62. The highest BCUT2D eigenvalue weighted by molar-refractivity contribution is 6.02. The number of nitrogens with zero attached hydrogens (tertiary/aromatic N) is 1. The van der Waals surface area contributed by atoms with Crippen molar-refractivity contribution in [2.45, 2.75) is 25.5 Å². The van der Waals surface area contributed by atoms with E-state index in [2.05, 4.69) is 5.32 Å². The van der Waals surface area contributed by atoms with Crippen LogP contribution < -0.4 is 10.2 Å². The monoisotopic (exact) mass is 268 g/mol.